The van der Waals surface area contributed by atoms with Crippen molar-refractivity contribution >= 4 is 56.7 Å². The molecule has 1 radical (unpaired) electrons. The van der Waals surface area contributed by atoms with E-state index in [9.17, 15) is 1.37 Å². The number of benzene rings is 5. The number of furan rings is 1. The molecule has 0 saturated heterocycles. The molecule has 2 saturated carbocycles. The molecule has 10 rings (SSSR count). The zero-order chi connectivity index (χ0) is 44.4. The smallest absolute Gasteiger partial charge is 0.121 e. The van der Waals surface area contributed by atoms with Crippen molar-refractivity contribution in [3.8, 4) is 22.5 Å². The molecule has 0 aliphatic heterocycles. The van der Waals surface area contributed by atoms with E-state index in [1.165, 1.54) is 60.3 Å². The van der Waals surface area contributed by atoms with Crippen LogP contribution in [-0.2, 0) is 20.1 Å². The molecule has 2 aliphatic carbocycles. The summed E-state index contributed by atoms with van der Waals surface area (Å²) >= 11 is 0. The summed E-state index contributed by atoms with van der Waals surface area (Å²) in [4.78, 5) is 9.14. The number of hydrogen-bond donors (Lipinski definition) is 0. The first kappa shape index (κ1) is 31.6. The molecule has 0 unspecified atom stereocenters. The maximum absolute atomic E-state index is 9.63. The van der Waals surface area contributed by atoms with Gasteiger partial charge in [0, 0.05) is 47.5 Å². The van der Waals surface area contributed by atoms with Crippen LogP contribution in [0.2, 0.25) is 19.6 Å². The van der Waals surface area contributed by atoms with Gasteiger partial charge < -0.3 is 14.4 Å². The zero-order valence-corrected chi connectivity index (χ0v) is 36.3. The first-order chi connectivity index (χ1) is 29.9. The van der Waals surface area contributed by atoms with Gasteiger partial charge in [-0.05, 0) is 118 Å². The van der Waals surface area contributed by atoms with E-state index in [1.54, 1.807) is 12.1 Å². The number of pyridine rings is 2. The van der Waals surface area contributed by atoms with Crippen molar-refractivity contribution in [2.24, 2.45) is 5.41 Å². The topological polar surface area (TPSA) is 38.9 Å². The van der Waals surface area contributed by atoms with Gasteiger partial charge in [0.2, 0.25) is 0 Å². The molecule has 3 heterocycles. The molecule has 5 aromatic carbocycles. The standard InChI is InChI=1S/C37H34NO.C15H18NSi.Ir/c1-24-23-38-34(21-31(24)26-14-18-37(19-15-26)16-5-2-6-17-37)30-11-7-10-29-33-20-27-13-12-25-8-3-4-9-28(25)32(27)22-35(33)39-36(29)30;1-12-5-7-13(8-6-12)15-10-9-14(11-16-15)17(2,3)4;/h3-4,7-10,12-13,20-23,26H,2,5-6,14-19H2,1H3;5-7,9-11H,1-4H3;/q2*-1;/i1D3,26D;1D3;. The molecule has 57 heavy (non-hydrogen) atoms. The average Bonchev–Trinajstić information content (AvgIpc) is 3.64. The monoisotopic (exact) mass is 948 g/mol. The van der Waals surface area contributed by atoms with Gasteiger partial charge in [0.05, 0.1) is 13.7 Å². The van der Waals surface area contributed by atoms with E-state index in [0.29, 0.717) is 46.2 Å². The van der Waals surface area contributed by atoms with Crippen molar-refractivity contribution in [3.05, 3.63) is 138 Å². The van der Waals surface area contributed by atoms with E-state index < -0.39 is 27.7 Å². The Hall–Kier alpha value is -4.41. The van der Waals surface area contributed by atoms with Crippen LogP contribution in [0.25, 0.3) is 66.0 Å². The molecule has 291 valence electrons. The fourth-order valence-corrected chi connectivity index (χ4v) is 10.1. The Bertz CT molecular complexity index is 2900. The Kier molecular flexibility index (Phi) is 8.91. The van der Waals surface area contributed by atoms with Crippen molar-refractivity contribution in [2.75, 3.05) is 0 Å². The van der Waals surface area contributed by atoms with Crippen LogP contribution in [0.15, 0.2) is 114 Å². The molecular formula is C52H52IrN2OSi-2. The van der Waals surface area contributed by atoms with E-state index in [-0.39, 0.29) is 25.7 Å². The second-order valence-electron chi connectivity index (χ2n) is 17.0. The largest absolute Gasteiger partial charge is 0.501 e. The Labute approximate surface area is 362 Å². The van der Waals surface area contributed by atoms with Crippen LogP contribution in [0.5, 0.6) is 0 Å². The molecule has 1 spiro atoms. The van der Waals surface area contributed by atoms with Gasteiger partial charge in [-0.2, -0.15) is 0 Å². The first-order valence-corrected chi connectivity index (χ1v) is 23.6. The second kappa shape index (κ2) is 16.1. The van der Waals surface area contributed by atoms with E-state index in [0.717, 1.165) is 51.2 Å². The summed E-state index contributed by atoms with van der Waals surface area (Å²) in [6.45, 7) is 2.42. The van der Waals surface area contributed by atoms with Crippen LogP contribution < -0.4 is 5.19 Å². The van der Waals surface area contributed by atoms with Crippen molar-refractivity contribution in [1.82, 2.24) is 9.97 Å². The van der Waals surface area contributed by atoms with Gasteiger partial charge in [0.25, 0.3) is 0 Å². The third-order valence-electron chi connectivity index (χ3n) is 12.4. The minimum Gasteiger partial charge on any atom is -0.501 e. The molecule has 2 aliphatic rings. The minimum atomic E-state index is -2.34. The van der Waals surface area contributed by atoms with Crippen molar-refractivity contribution in [3.63, 3.8) is 0 Å². The van der Waals surface area contributed by atoms with E-state index in [4.69, 9.17) is 12.6 Å². The summed E-state index contributed by atoms with van der Waals surface area (Å²) in [7, 11) is -1.34. The van der Waals surface area contributed by atoms with Gasteiger partial charge in [-0.3, -0.25) is 0 Å². The van der Waals surface area contributed by atoms with Crippen LogP contribution in [0.4, 0.5) is 0 Å². The van der Waals surface area contributed by atoms with Crippen LogP contribution in [0.3, 0.4) is 0 Å². The molecule has 8 aromatic rings. The number of aromatic nitrogens is 2. The number of rotatable bonds is 4. The van der Waals surface area contributed by atoms with E-state index in [2.05, 4.69) is 96.3 Å². The minimum absolute atomic E-state index is 0. The summed E-state index contributed by atoms with van der Waals surface area (Å²) in [6, 6.07) is 38.1. The molecule has 0 bridgehead atoms. The maximum atomic E-state index is 9.63. The summed E-state index contributed by atoms with van der Waals surface area (Å²) in [5, 5.41) is 7.96. The van der Waals surface area contributed by atoms with Crippen LogP contribution in [-0.4, -0.2) is 18.0 Å². The molecule has 0 amide bonds. The van der Waals surface area contributed by atoms with Crippen molar-refractivity contribution in [1.29, 1.82) is 0 Å². The quantitative estimate of drug-likeness (QED) is 0.100. The molecular weight excluding hydrogens is 889 g/mol. The number of nitrogens with zero attached hydrogens (tertiary/aromatic N) is 2. The molecule has 3 nitrogen and oxygen atoms in total. The van der Waals surface area contributed by atoms with Gasteiger partial charge in [-0.1, -0.05) is 111 Å². The van der Waals surface area contributed by atoms with E-state index in [1.807, 2.05) is 30.5 Å². The molecule has 3 aromatic heterocycles. The Morgan fingerprint density at radius 2 is 1.54 bits per heavy atom. The number of aryl methyl sites for hydroxylation is 2. The summed E-state index contributed by atoms with van der Waals surface area (Å²) in [6.07, 6.45) is 13.1. The zero-order valence-electron chi connectivity index (χ0n) is 39.9. The average molecular weight is 948 g/mol. The second-order valence-corrected chi connectivity index (χ2v) is 22.1. The Morgan fingerprint density at radius 1 is 0.737 bits per heavy atom. The molecule has 2 fully saturated rings. The van der Waals surface area contributed by atoms with Gasteiger partial charge in [0.15, 0.2) is 0 Å². The fourth-order valence-electron chi connectivity index (χ4n) is 9.05. The third kappa shape index (κ3) is 7.92. The predicted octanol–water partition coefficient (Wildman–Crippen LogP) is 14.1. The van der Waals surface area contributed by atoms with Crippen LogP contribution in [0, 0.1) is 31.3 Å². The summed E-state index contributed by atoms with van der Waals surface area (Å²) < 4.78 is 63.1. The maximum Gasteiger partial charge on any atom is 0.121 e. The van der Waals surface area contributed by atoms with Gasteiger partial charge >= 0.3 is 0 Å². The third-order valence-corrected chi connectivity index (χ3v) is 14.4. The predicted molar refractivity (Wildman–Crippen MR) is 238 cm³/mol. The van der Waals surface area contributed by atoms with Gasteiger partial charge in [-0.15, -0.1) is 53.6 Å². The Morgan fingerprint density at radius 3 is 2.28 bits per heavy atom. The van der Waals surface area contributed by atoms with E-state index >= 15 is 0 Å². The Balaban J connectivity index is 0.000000225. The molecule has 0 N–H and O–H groups in total. The van der Waals surface area contributed by atoms with Crippen molar-refractivity contribution in [2.45, 2.75) is 97.0 Å². The number of fused-ring (bicyclic) bond motifs is 6. The fraction of sp³-hybridized carbons (Fsp3) is 0.308. The molecule has 0 atom stereocenters. The molecule has 5 heteroatoms. The van der Waals surface area contributed by atoms with Crippen molar-refractivity contribution < 1.29 is 34.1 Å². The van der Waals surface area contributed by atoms with Crippen LogP contribution in [0.1, 0.15) is 90.0 Å². The number of hydrogen-bond acceptors (Lipinski definition) is 3. The summed E-state index contributed by atoms with van der Waals surface area (Å²) in [5.74, 6) is -0.954. The first-order valence-electron chi connectivity index (χ1n) is 23.6. The summed E-state index contributed by atoms with van der Waals surface area (Å²) in [5.41, 5.74) is 5.84. The van der Waals surface area contributed by atoms with Gasteiger partial charge in [-0.25, -0.2) is 0 Å². The normalized spacial score (nSPS) is 18.6. The van der Waals surface area contributed by atoms with Crippen LogP contribution >= 0.6 is 0 Å². The van der Waals surface area contributed by atoms with Gasteiger partial charge in [0.1, 0.15) is 5.58 Å². The SMILES string of the molecule is [2H]C([2H])([2H])c1c[c-]c(-c2ccc([Si](C)(C)C)cn2)cc1.[2H]C([2H])([2H])c1cnc(-c2[c-]ccc3c2oc2cc4c(ccc5ccccc54)cc23)cc1C1([2H])CCC2(CCCCC2)CC1.[Ir].